The largest absolute Gasteiger partial charge is 0.681 e. The van der Waals surface area contributed by atoms with Crippen LogP contribution in [0.15, 0.2) is 30.3 Å². The lowest BCUT2D eigenvalue weighted by Gasteiger charge is -2.35. The van der Waals surface area contributed by atoms with Crippen LogP contribution in [0.3, 0.4) is 0 Å². The molecule has 3 nitrogen and oxygen atoms in total. The number of benzene rings is 1. The first-order valence-corrected chi connectivity index (χ1v) is 9.06. The van der Waals surface area contributed by atoms with Gasteiger partial charge in [0.1, 0.15) is 5.75 Å². The zero-order valence-electron chi connectivity index (χ0n) is 12.5. The molecule has 0 saturated carbocycles. The van der Waals surface area contributed by atoms with E-state index in [1.54, 1.807) is 0 Å². The van der Waals surface area contributed by atoms with Crippen LogP contribution in [-0.2, 0) is 8.85 Å². The van der Waals surface area contributed by atoms with E-state index in [2.05, 4.69) is 0 Å². The van der Waals surface area contributed by atoms with E-state index >= 15 is 0 Å². The smallest absolute Gasteiger partial charge is 0.490 e. The molecule has 5 heteroatoms. The zero-order chi connectivity index (χ0) is 14.7. The first-order valence-electron chi connectivity index (χ1n) is 6.32. The maximum atomic E-state index is 6.52. The Morgan fingerprint density at radius 2 is 1.26 bits per heavy atom. The highest BCUT2D eigenvalue weighted by Gasteiger charge is 2.49. The van der Waals surface area contributed by atoms with Gasteiger partial charge in [-0.25, -0.2) is 0 Å². The highest BCUT2D eigenvalue weighted by atomic mass is 35.6. The fourth-order valence-corrected chi connectivity index (χ4v) is 5.08. The van der Waals surface area contributed by atoms with Crippen LogP contribution in [0.5, 0.6) is 5.75 Å². The Morgan fingerprint density at radius 1 is 0.842 bits per heavy atom. The van der Waals surface area contributed by atoms with Gasteiger partial charge in [-0.3, -0.25) is 0 Å². The summed E-state index contributed by atoms with van der Waals surface area (Å²) in [6.07, 6.45) is 0. The van der Waals surface area contributed by atoms with Crippen molar-refractivity contribution in [1.29, 1.82) is 0 Å². The van der Waals surface area contributed by atoms with E-state index in [1.807, 2.05) is 71.9 Å². The molecule has 0 bridgehead atoms. The number of rotatable bonds is 4. The van der Waals surface area contributed by atoms with Crippen molar-refractivity contribution in [2.24, 2.45) is 0 Å². The molecule has 1 aromatic rings. The fraction of sp³-hybridized carbons (Fsp3) is 0.571. The average Bonchev–Trinajstić information content (AvgIpc) is 2.11. The van der Waals surface area contributed by atoms with Crippen molar-refractivity contribution < 1.29 is 13.3 Å². The van der Waals surface area contributed by atoms with Gasteiger partial charge in [-0.05, 0) is 53.7 Å². The maximum absolute atomic E-state index is 6.52. The second kappa shape index (κ2) is 5.83. The van der Waals surface area contributed by atoms with Crippen LogP contribution < -0.4 is 4.43 Å². The summed E-state index contributed by atoms with van der Waals surface area (Å²) in [6.45, 7) is 11.6. The van der Waals surface area contributed by atoms with Crippen molar-refractivity contribution in [1.82, 2.24) is 0 Å². The van der Waals surface area contributed by atoms with E-state index in [1.165, 1.54) is 0 Å². The summed E-state index contributed by atoms with van der Waals surface area (Å²) in [5, 5.41) is 0. The van der Waals surface area contributed by atoms with Crippen LogP contribution in [-0.4, -0.2) is 19.3 Å². The first-order chi connectivity index (χ1) is 8.49. The van der Waals surface area contributed by atoms with Gasteiger partial charge >= 0.3 is 8.11 Å². The molecule has 0 heterocycles. The van der Waals surface area contributed by atoms with E-state index in [-0.39, 0.29) is 0 Å². The standard InChI is InChI=1S/C14H23ClO3Si/c1-13(2,3)17-19(15,18-14(4,5)6)16-12-10-8-7-9-11-12/h7-11H,1-6H3. The highest BCUT2D eigenvalue weighted by molar-refractivity contribution is 7.09. The molecule has 0 atom stereocenters. The summed E-state index contributed by atoms with van der Waals surface area (Å²) in [5.74, 6) is 0.651. The third-order valence-corrected chi connectivity index (χ3v) is 4.73. The molecule has 1 rings (SSSR count). The Bertz CT molecular complexity index is 379. The summed E-state index contributed by atoms with van der Waals surface area (Å²) >= 11 is 6.52. The molecular formula is C14H23ClO3Si. The third-order valence-electron chi connectivity index (χ3n) is 1.84. The van der Waals surface area contributed by atoms with Gasteiger partial charge in [0.05, 0.1) is 11.2 Å². The van der Waals surface area contributed by atoms with Crippen molar-refractivity contribution in [2.75, 3.05) is 0 Å². The van der Waals surface area contributed by atoms with E-state index in [0.29, 0.717) is 5.75 Å². The van der Waals surface area contributed by atoms with E-state index in [0.717, 1.165) is 0 Å². The molecule has 0 aliphatic carbocycles. The minimum absolute atomic E-state index is 0.437. The molecule has 0 spiro atoms. The SMILES string of the molecule is CC(C)(C)O[Si](Cl)(Oc1ccccc1)OC(C)(C)C. The van der Waals surface area contributed by atoms with Gasteiger partial charge in [0.15, 0.2) is 0 Å². The van der Waals surface area contributed by atoms with Gasteiger partial charge < -0.3 is 13.3 Å². The minimum atomic E-state index is -3.29. The molecule has 0 unspecified atom stereocenters. The number of halogens is 1. The van der Waals surface area contributed by atoms with E-state index in [4.69, 9.17) is 24.4 Å². The molecule has 0 fully saturated rings. The number of para-hydroxylation sites is 1. The van der Waals surface area contributed by atoms with Crippen LogP contribution in [0.1, 0.15) is 41.5 Å². The second-order valence-electron chi connectivity index (χ2n) is 6.33. The molecule has 0 N–H and O–H groups in total. The monoisotopic (exact) mass is 302 g/mol. The number of hydrogen-bond acceptors (Lipinski definition) is 3. The van der Waals surface area contributed by atoms with E-state index in [9.17, 15) is 0 Å². The molecule has 0 amide bonds. The Hall–Kier alpha value is -0.553. The van der Waals surface area contributed by atoms with Crippen LogP contribution in [0.25, 0.3) is 0 Å². The summed E-state index contributed by atoms with van der Waals surface area (Å²) in [5.41, 5.74) is -0.873. The molecule has 1 aromatic carbocycles. The van der Waals surface area contributed by atoms with Crippen molar-refractivity contribution >= 4 is 19.2 Å². The van der Waals surface area contributed by atoms with Crippen LogP contribution in [0, 0.1) is 0 Å². The molecule has 0 aliphatic rings. The molecule has 19 heavy (non-hydrogen) atoms. The molecule has 0 radical (unpaired) electrons. The lowest BCUT2D eigenvalue weighted by molar-refractivity contribution is -0.00628. The lowest BCUT2D eigenvalue weighted by atomic mass is 10.2. The van der Waals surface area contributed by atoms with Crippen LogP contribution in [0.2, 0.25) is 0 Å². The molecule has 0 aliphatic heterocycles. The van der Waals surface area contributed by atoms with E-state index < -0.39 is 19.3 Å². The third kappa shape index (κ3) is 6.97. The quantitative estimate of drug-likeness (QED) is 0.610. The highest BCUT2D eigenvalue weighted by Crippen LogP contribution is 2.29. The van der Waals surface area contributed by atoms with Crippen LogP contribution >= 0.6 is 11.1 Å². The maximum Gasteiger partial charge on any atom is 0.681 e. The second-order valence-corrected chi connectivity index (χ2v) is 9.29. The summed E-state index contributed by atoms with van der Waals surface area (Å²) in [6, 6.07) is 9.36. The Labute approximate surface area is 121 Å². The Morgan fingerprint density at radius 3 is 1.63 bits per heavy atom. The lowest BCUT2D eigenvalue weighted by Crippen LogP contribution is -2.52. The van der Waals surface area contributed by atoms with Gasteiger partial charge in [-0.2, -0.15) is 0 Å². The van der Waals surface area contributed by atoms with Crippen molar-refractivity contribution in [3.05, 3.63) is 30.3 Å². The summed E-state index contributed by atoms with van der Waals surface area (Å²) in [7, 11) is -3.29. The predicted octanol–water partition coefficient (Wildman–Crippen LogP) is 4.37. The first kappa shape index (κ1) is 16.5. The fourth-order valence-electron chi connectivity index (χ4n) is 1.42. The predicted molar refractivity (Wildman–Crippen MR) is 80.4 cm³/mol. The Kier molecular flexibility index (Phi) is 5.06. The zero-order valence-corrected chi connectivity index (χ0v) is 14.2. The van der Waals surface area contributed by atoms with Crippen molar-refractivity contribution in [3.8, 4) is 5.75 Å². The van der Waals surface area contributed by atoms with Gasteiger partial charge in [0.25, 0.3) is 0 Å². The van der Waals surface area contributed by atoms with Gasteiger partial charge in [-0.15, -0.1) is 0 Å². The summed E-state index contributed by atoms with van der Waals surface area (Å²) < 4.78 is 17.5. The number of hydrogen-bond donors (Lipinski definition) is 0. The van der Waals surface area contributed by atoms with Crippen molar-refractivity contribution in [3.63, 3.8) is 0 Å². The van der Waals surface area contributed by atoms with Gasteiger partial charge in [0.2, 0.25) is 0 Å². The normalized spacial score (nSPS) is 13.4. The molecule has 0 saturated heterocycles. The Balaban J connectivity index is 2.92. The molecule has 108 valence electrons. The average molecular weight is 303 g/mol. The van der Waals surface area contributed by atoms with Gasteiger partial charge in [-0.1, -0.05) is 29.3 Å². The summed E-state index contributed by atoms with van der Waals surface area (Å²) in [4.78, 5) is 0. The molecule has 0 aromatic heterocycles. The topological polar surface area (TPSA) is 27.7 Å². The van der Waals surface area contributed by atoms with Crippen LogP contribution in [0.4, 0.5) is 0 Å². The van der Waals surface area contributed by atoms with Gasteiger partial charge in [0, 0.05) is 0 Å². The minimum Gasteiger partial charge on any atom is -0.490 e. The molecular weight excluding hydrogens is 280 g/mol. The van der Waals surface area contributed by atoms with Crippen molar-refractivity contribution in [2.45, 2.75) is 52.7 Å².